The van der Waals surface area contributed by atoms with E-state index in [1.807, 2.05) is 0 Å². The first kappa shape index (κ1) is 20.4. The van der Waals surface area contributed by atoms with Gasteiger partial charge < -0.3 is 5.32 Å². The Morgan fingerprint density at radius 1 is 0.933 bits per heavy atom. The van der Waals surface area contributed by atoms with Crippen LogP contribution in [0.2, 0.25) is 5.02 Å². The van der Waals surface area contributed by atoms with Crippen LogP contribution in [0.25, 0.3) is 0 Å². The number of hydrogen-bond donors (Lipinski definition) is 3. The monoisotopic (exact) mass is 429 g/mol. The van der Waals surface area contributed by atoms with Gasteiger partial charge in [0.25, 0.3) is 11.6 Å². The van der Waals surface area contributed by atoms with Crippen molar-refractivity contribution in [3.8, 4) is 0 Å². The van der Waals surface area contributed by atoms with Gasteiger partial charge in [-0.15, -0.1) is 0 Å². The summed E-state index contributed by atoms with van der Waals surface area (Å²) >= 11 is 6.05. The van der Waals surface area contributed by atoms with Gasteiger partial charge in [-0.3, -0.25) is 35.9 Å². The zero-order valence-electron chi connectivity index (χ0n) is 14.9. The minimum Gasteiger partial charge on any atom is -0.333 e. The number of anilines is 3. The Kier molecular flexibility index (Phi) is 5.98. The average Bonchev–Trinajstić information content (AvgIpc) is 2.73. The topological polar surface area (TPSA) is 165 Å². The minimum atomic E-state index is -0.879. The van der Waals surface area contributed by atoms with Gasteiger partial charge >= 0.3 is 5.69 Å². The van der Waals surface area contributed by atoms with Gasteiger partial charge in [-0.25, -0.2) is 9.97 Å². The van der Waals surface area contributed by atoms with E-state index in [1.54, 1.807) is 24.3 Å². The van der Waals surface area contributed by atoms with Crippen molar-refractivity contribution < 1.29 is 14.6 Å². The van der Waals surface area contributed by atoms with Crippen molar-refractivity contribution >= 4 is 46.2 Å². The van der Waals surface area contributed by atoms with Crippen LogP contribution in [0.5, 0.6) is 0 Å². The van der Waals surface area contributed by atoms with Crippen molar-refractivity contribution in [3.05, 3.63) is 85.7 Å². The van der Waals surface area contributed by atoms with E-state index in [4.69, 9.17) is 11.6 Å². The van der Waals surface area contributed by atoms with E-state index >= 15 is 0 Å². The first-order chi connectivity index (χ1) is 14.4. The van der Waals surface area contributed by atoms with E-state index in [2.05, 4.69) is 26.1 Å². The van der Waals surface area contributed by atoms with Crippen molar-refractivity contribution in [2.45, 2.75) is 0 Å². The molecule has 12 nitrogen and oxygen atoms in total. The summed E-state index contributed by atoms with van der Waals surface area (Å²) < 4.78 is 0. The second-order valence-corrected chi connectivity index (χ2v) is 6.04. The lowest BCUT2D eigenvalue weighted by molar-refractivity contribution is -0.385. The molecule has 0 fully saturated rings. The number of hydrogen-bond acceptors (Lipinski definition) is 9. The molecule has 0 aliphatic heterocycles. The van der Waals surface area contributed by atoms with Crippen molar-refractivity contribution in [2.24, 2.45) is 0 Å². The van der Waals surface area contributed by atoms with Crippen molar-refractivity contribution in [3.63, 3.8) is 0 Å². The SMILES string of the molecule is O=C(NNc1ncnc(Nc2ccccc2Cl)c1[N+](=O)[O-])c1ccccc1[N+](=O)[O-]. The molecule has 1 aromatic heterocycles. The molecule has 0 atom stereocenters. The highest BCUT2D eigenvalue weighted by Gasteiger charge is 2.25. The van der Waals surface area contributed by atoms with Gasteiger partial charge in [0, 0.05) is 6.07 Å². The molecule has 0 aliphatic rings. The predicted octanol–water partition coefficient (Wildman–Crippen LogP) is 3.45. The normalized spacial score (nSPS) is 10.2. The molecule has 30 heavy (non-hydrogen) atoms. The molecule has 1 amide bonds. The molecule has 3 rings (SSSR count). The third-order valence-electron chi connectivity index (χ3n) is 3.77. The second-order valence-electron chi connectivity index (χ2n) is 5.63. The fraction of sp³-hybridized carbons (Fsp3) is 0. The van der Waals surface area contributed by atoms with Crippen LogP contribution in [-0.2, 0) is 0 Å². The van der Waals surface area contributed by atoms with Crippen LogP contribution in [0.15, 0.2) is 54.9 Å². The Labute approximate surface area is 173 Å². The molecule has 0 bridgehead atoms. The first-order valence-corrected chi connectivity index (χ1v) is 8.57. The summed E-state index contributed by atoms with van der Waals surface area (Å²) in [6.07, 6.45) is 1.03. The third kappa shape index (κ3) is 4.39. The van der Waals surface area contributed by atoms with E-state index in [0.717, 1.165) is 12.4 Å². The largest absolute Gasteiger partial charge is 0.355 e. The summed E-state index contributed by atoms with van der Waals surface area (Å²) in [6.45, 7) is 0. The van der Waals surface area contributed by atoms with Crippen molar-refractivity contribution in [1.82, 2.24) is 15.4 Å². The number of benzene rings is 2. The lowest BCUT2D eigenvalue weighted by Gasteiger charge is -2.11. The van der Waals surface area contributed by atoms with Crippen LogP contribution in [0.4, 0.5) is 28.7 Å². The smallest absolute Gasteiger partial charge is 0.333 e. The lowest BCUT2D eigenvalue weighted by atomic mass is 10.2. The number of nitro benzene ring substituents is 1. The Morgan fingerprint density at radius 3 is 2.30 bits per heavy atom. The van der Waals surface area contributed by atoms with Crippen LogP contribution in [0.1, 0.15) is 10.4 Å². The summed E-state index contributed by atoms with van der Waals surface area (Å²) in [5.41, 5.74) is 3.62. The van der Waals surface area contributed by atoms with Crippen molar-refractivity contribution in [1.29, 1.82) is 0 Å². The van der Waals surface area contributed by atoms with E-state index in [1.165, 1.54) is 18.2 Å². The van der Waals surface area contributed by atoms with Gasteiger partial charge in [0.2, 0.25) is 11.6 Å². The molecule has 3 N–H and O–H groups in total. The number of nitrogens with one attached hydrogen (secondary N) is 3. The Hall–Kier alpha value is -4.32. The maximum atomic E-state index is 12.3. The highest BCUT2D eigenvalue weighted by molar-refractivity contribution is 6.33. The van der Waals surface area contributed by atoms with Gasteiger partial charge in [0.1, 0.15) is 11.9 Å². The quantitative estimate of drug-likeness (QED) is 0.376. The average molecular weight is 430 g/mol. The fourth-order valence-corrected chi connectivity index (χ4v) is 2.62. The van der Waals surface area contributed by atoms with Crippen LogP contribution >= 0.6 is 11.6 Å². The number of hydrazine groups is 1. The Bertz CT molecular complexity index is 1140. The van der Waals surface area contributed by atoms with Crippen LogP contribution in [0, 0.1) is 20.2 Å². The molecule has 0 saturated heterocycles. The molecule has 0 spiro atoms. The number of nitro groups is 2. The highest BCUT2D eigenvalue weighted by Crippen LogP contribution is 2.33. The minimum absolute atomic E-state index is 0.175. The summed E-state index contributed by atoms with van der Waals surface area (Å²) in [6, 6.07) is 11.8. The fourth-order valence-electron chi connectivity index (χ4n) is 2.43. The van der Waals surface area contributed by atoms with E-state index in [9.17, 15) is 25.0 Å². The number of para-hydroxylation sites is 2. The first-order valence-electron chi connectivity index (χ1n) is 8.19. The van der Waals surface area contributed by atoms with Gasteiger partial charge in [-0.2, -0.15) is 0 Å². The van der Waals surface area contributed by atoms with Crippen molar-refractivity contribution in [2.75, 3.05) is 10.7 Å². The summed E-state index contributed by atoms with van der Waals surface area (Å²) in [7, 11) is 0. The van der Waals surface area contributed by atoms with Gasteiger partial charge in [0.05, 0.1) is 20.6 Å². The predicted molar refractivity (Wildman–Crippen MR) is 108 cm³/mol. The summed E-state index contributed by atoms with van der Waals surface area (Å²) in [4.78, 5) is 41.1. The highest BCUT2D eigenvalue weighted by atomic mass is 35.5. The molecule has 2 aromatic carbocycles. The number of nitrogens with zero attached hydrogens (tertiary/aromatic N) is 4. The van der Waals surface area contributed by atoms with Gasteiger partial charge in [-0.1, -0.05) is 35.9 Å². The maximum Gasteiger partial charge on any atom is 0.355 e. The van der Waals surface area contributed by atoms with E-state index < -0.39 is 27.1 Å². The number of carbonyl (C=O) groups excluding carboxylic acids is 1. The standard InChI is InChI=1S/C17H12ClN7O5/c18-11-6-2-3-7-12(11)21-15-14(25(29)30)16(20-9-19-15)22-23-17(26)10-5-1-4-8-13(10)24(27)28/h1-9H,(H,23,26)(H2,19,20,21,22). The lowest BCUT2D eigenvalue weighted by Crippen LogP contribution is -2.30. The molecule has 0 unspecified atom stereocenters. The Morgan fingerprint density at radius 2 is 1.60 bits per heavy atom. The Balaban J connectivity index is 1.86. The second kappa shape index (κ2) is 8.79. The van der Waals surface area contributed by atoms with E-state index in [0.29, 0.717) is 10.7 Å². The number of aromatic nitrogens is 2. The van der Waals surface area contributed by atoms with Crippen LogP contribution in [-0.4, -0.2) is 25.7 Å². The zero-order chi connectivity index (χ0) is 21.7. The molecular formula is C17H12ClN7O5. The molecule has 152 valence electrons. The molecule has 3 aromatic rings. The number of halogens is 1. The summed E-state index contributed by atoms with van der Waals surface area (Å²) in [5.74, 6) is -1.39. The molecule has 0 saturated carbocycles. The third-order valence-corrected chi connectivity index (χ3v) is 4.10. The molecule has 0 aliphatic carbocycles. The number of rotatable bonds is 7. The van der Waals surface area contributed by atoms with Crippen LogP contribution in [0.3, 0.4) is 0 Å². The molecule has 0 radical (unpaired) electrons. The molecular weight excluding hydrogens is 418 g/mol. The van der Waals surface area contributed by atoms with Gasteiger partial charge in [-0.05, 0) is 18.2 Å². The maximum absolute atomic E-state index is 12.3. The molecule has 1 heterocycles. The molecule has 13 heteroatoms. The zero-order valence-corrected chi connectivity index (χ0v) is 15.7. The van der Waals surface area contributed by atoms with Gasteiger partial charge in [0.15, 0.2) is 0 Å². The van der Waals surface area contributed by atoms with Crippen LogP contribution < -0.4 is 16.2 Å². The van der Waals surface area contributed by atoms with E-state index in [-0.39, 0.29) is 17.2 Å². The number of carbonyl (C=O) groups is 1. The number of amides is 1. The summed E-state index contributed by atoms with van der Waals surface area (Å²) in [5, 5.41) is 25.7.